The molecule has 0 N–H and O–H groups in total. The standard InChI is InChI=1S/C12H20/c1-9(2)11-6-5-7-12(8-11)10(3)4/h8-9H,5-7H2,1-4H3. The highest BCUT2D eigenvalue weighted by atomic mass is 14.2. The van der Waals surface area contributed by atoms with E-state index in [0.29, 0.717) is 0 Å². The van der Waals surface area contributed by atoms with Gasteiger partial charge in [-0.15, -0.1) is 0 Å². The Kier molecular flexibility index (Phi) is 3.13. The maximum atomic E-state index is 2.42. The molecule has 0 amide bonds. The molecule has 0 bridgehead atoms. The van der Waals surface area contributed by atoms with Gasteiger partial charge in [0.2, 0.25) is 0 Å². The molecule has 0 radical (unpaired) electrons. The Morgan fingerprint density at radius 3 is 2.42 bits per heavy atom. The molecular formula is C12H20. The van der Waals surface area contributed by atoms with Crippen LogP contribution < -0.4 is 0 Å². The van der Waals surface area contributed by atoms with Crippen LogP contribution >= 0.6 is 0 Å². The van der Waals surface area contributed by atoms with Crippen LogP contribution in [0.2, 0.25) is 0 Å². The molecule has 0 aromatic rings. The lowest BCUT2D eigenvalue weighted by Crippen LogP contribution is -2.01. The van der Waals surface area contributed by atoms with Gasteiger partial charge >= 0.3 is 0 Å². The molecule has 1 aliphatic carbocycles. The van der Waals surface area contributed by atoms with Crippen molar-refractivity contribution in [3.8, 4) is 0 Å². The molecule has 12 heavy (non-hydrogen) atoms. The van der Waals surface area contributed by atoms with Crippen molar-refractivity contribution in [2.75, 3.05) is 0 Å². The zero-order valence-corrected chi connectivity index (χ0v) is 8.78. The fraction of sp³-hybridized carbons (Fsp3) is 0.667. The molecule has 0 saturated heterocycles. The maximum absolute atomic E-state index is 2.42. The van der Waals surface area contributed by atoms with Crippen molar-refractivity contribution in [1.82, 2.24) is 0 Å². The molecule has 0 fully saturated rings. The summed E-state index contributed by atoms with van der Waals surface area (Å²) in [5, 5.41) is 0. The van der Waals surface area contributed by atoms with E-state index >= 15 is 0 Å². The highest BCUT2D eigenvalue weighted by Crippen LogP contribution is 2.28. The van der Waals surface area contributed by atoms with Crippen LogP contribution in [-0.4, -0.2) is 0 Å². The van der Waals surface area contributed by atoms with Crippen LogP contribution in [0.4, 0.5) is 0 Å². The first-order valence-electron chi connectivity index (χ1n) is 4.98. The second-order valence-electron chi connectivity index (χ2n) is 4.25. The van der Waals surface area contributed by atoms with Gasteiger partial charge in [0.25, 0.3) is 0 Å². The molecule has 0 nitrogen and oxygen atoms in total. The van der Waals surface area contributed by atoms with E-state index in [9.17, 15) is 0 Å². The van der Waals surface area contributed by atoms with Gasteiger partial charge in [-0.1, -0.05) is 31.1 Å². The average molecular weight is 164 g/mol. The quantitative estimate of drug-likeness (QED) is 0.547. The summed E-state index contributed by atoms with van der Waals surface area (Å²) in [6.45, 7) is 9.02. The molecule has 0 aliphatic heterocycles. The molecule has 0 spiro atoms. The smallest absolute Gasteiger partial charge is 0.0257 e. The van der Waals surface area contributed by atoms with Crippen molar-refractivity contribution in [2.24, 2.45) is 5.92 Å². The van der Waals surface area contributed by atoms with Crippen LogP contribution in [0.5, 0.6) is 0 Å². The third-order valence-corrected chi connectivity index (χ3v) is 2.66. The van der Waals surface area contributed by atoms with Crippen molar-refractivity contribution in [2.45, 2.75) is 47.0 Å². The first-order chi connectivity index (χ1) is 5.61. The topological polar surface area (TPSA) is 0 Å². The largest absolute Gasteiger partial charge is 0.0732 e. The molecule has 0 saturated carbocycles. The number of allylic oxidation sites excluding steroid dienone is 4. The fourth-order valence-electron chi connectivity index (χ4n) is 1.70. The fourth-order valence-corrected chi connectivity index (χ4v) is 1.70. The zero-order valence-electron chi connectivity index (χ0n) is 8.78. The Bertz CT molecular complexity index is 212. The lowest BCUT2D eigenvalue weighted by molar-refractivity contribution is 0.658. The zero-order chi connectivity index (χ0) is 9.14. The lowest BCUT2D eigenvalue weighted by atomic mass is 9.87. The molecule has 0 atom stereocenters. The molecule has 0 heterocycles. The van der Waals surface area contributed by atoms with E-state index in [1.807, 2.05) is 0 Å². The average Bonchev–Trinajstić information content (AvgIpc) is 2.04. The molecule has 68 valence electrons. The van der Waals surface area contributed by atoms with Crippen LogP contribution in [0, 0.1) is 5.92 Å². The van der Waals surface area contributed by atoms with Crippen molar-refractivity contribution in [3.05, 3.63) is 22.8 Å². The lowest BCUT2D eigenvalue weighted by Gasteiger charge is -2.19. The van der Waals surface area contributed by atoms with Crippen LogP contribution in [0.25, 0.3) is 0 Å². The molecule has 0 aromatic carbocycles. The number of hydrogen-bond acceptors (Lipinski definition) is 0. The number of hydrogen-bond donors (Lipinski definition) is 0. The van der Waals surface area contributed by atoms with Gasteiger partial charge in [0.1, 0.15) is 0 Å². The van der Waals surface area contributed by atoms with E-state index in [1.54, 1.807) is 11.1 Å². The van der Waals surface area contributed by atoms with Gasteiger partial charge in [-0.25, -0.2) is 0 Å². The molecule has 0 unspecified atom stereocenters. The van der Waals surface area contributed by atoms with E-state index in [1.165, 1.54) is 24.8 Å². The van der Waals surface area contributed by atoms with E-state index in [0.717, 1.165) is 5.92 Å². The van der Waals surface area contributed by atoms with E-state index in [4.69, 9.17) is 0 Å². The Morgan fingerprint density at radius 1 is 1.25 bits per heavy atom. The van der Waals surface area contributed by atoms with Gasteiger partial charge < -0.3 is 0 Å². The predicted molar refractivity (Wildman–Crippen MR) is 55.1 cm³/mol. The minimum Gasteiger partial charge on any atom is -0.0732 e. The van der Waals surface area contributed by atoms with Crippen LogP contribution in [0.15, 0.2) is 22.8 Å². The molecular weight excluding hydrogens is 144 g/mol. The molecule has 1 rings (SSSR count). The Labute approximate surface area is 76.4 Å². The van der Waals surface area contributed by atoms with Gasteiger partial charge in [-0.3, -0.25) is 0 Å². The molecule has 1 aliphatic rings. The normalized spacial score (nSPS) is 18.1. The van der Waals surface area contributed by atoms with Crippen LogP contribution in [0.3, 0.4) is 0 Å². The summed E-state index contributed by atoms with van der Waals surface area (Å²) in [5.74, 6) is 0.736. The van der Waals surface area contributed by atoms with Gasteiger partial charge in [0.05, 0.1) is 0 Å². The van der Waals surface area contributed by atoms with Crippen molar-refractivity contribution in [3.63, 3.8) is 0 Å². The SMILES string of the molecule is CC(C)=C1C=C(C(C)C)CCC1. The van der Waals surface area contributed by atoms with Gasteiger partial charge in [0.15, 0.2) is 0 Å². The highest BCUT2D eigenvalue weighted by molar-refractivity contribution is 5.30. The maximum Gasteiger partial charge on any atom is -0.0257 e. The third kappa shape index (κ3) is 2.23. The van der Waals surface area contributed by atoms with Crippen molar-refractivity contribution in [1.29, 1.82) is 0 Å². The van der Waals surface area contributed by atoms with Crippen molar-refractivity contribution >= 4 is 0 Å². The Morgan fingerprint density at radius 2 is 1.92 bits per heavy atom. The van der Waals surface area contributed by atoms with E-state index in [2.05, 4.69) is 33.8 Å². The van der Waals surface area contributed by atoms with E-state index < -0.39 is 0 Å². The third-order valence-electron chi connectivity index (χ3n) is 2.66. The van der Waals surface area contributed by atoms with Gasteiger partial charge in [-0.2, -0.15) is 0 Å². The minimum absolute atomic E-state index is 0.736. The van der Waals surface area contributed by atoms with Crippen LogP contribution in [0.1, 0.15) is 47.0 Å². The second kappa shape index (κ2) is 3.93. The van der Waals surface area contributed by atoms with Crippen LogP contribution in [-0.2, 0) is 0 Å². The Balaban J connectivity index is 2.84. The summed E-state index contributed by atoms with van der Waals surface area (Å²) in [6, 6.07) is 0. The van der Waals surface area contributed by atoms with E-state index in [-0.39, 0.29) is 0 Å². The summed E-state index contributed by atoms with van der Waals surface area (Å²) >= 11 is 0. The summed E-state index contributed by atoms with van der Waals surface area (Å²) in [4.78, 5) is 0. The first kappa shape index (κ1) is 9.57. The molecule has 0 aromatic heterocycles. The Hall–Kier alpha value is -0.520. The minimum atomic E-state index is 0.736. The summed E-state index contributed by atoms with van der Waals surface area (Å²) in [5.41, 5.74) is 4.70. The highest BCUT2D eigenvalue weighted by Gasteiger charge is 2.10. The van der Waals surface area contributed by atoms with Gasteiger partial charge in [0, 0.05) is 0 Å². The monoisotopic (exact) mass is 164 g/mol. The summed E-state index contributed by atoms with van der Waals surface area (Å²) < 4.78 is 0. The van der Waals surface area contributed by atoms with Gasteiger partial charge in [-0.05, 0) is 44.6 Å². The number of rotatable bonds is 1. The molecule has 0 heteroatoms. The first-order valence-corrected chi connectivity index (χ1v) is 4.98. The second-order valence-corrected chi connectivity index (χ2v) is 4.25. The summed E-state index contributed by atoms with van der Waals surface area (Å²) in [7, 11) is 0. The summed E-state index contributed by atoms with van der Waals surface area (Å²) in [6.07, 6.45) is 6.38. The predicted octanol–water partition coefficient (Wildman–Crippen LogP) is 4.09. The van der Waals surface area contributed by atoms with Crippen molar-refractivity contribution < 1.29 is 0 Å².